The van der Waals surface area contributed by atoms with E-state index in [9.17, 15) is 14.4 Å². The maximum atomic E-state index is 11.5. The van der Waals surface area contributed by atoms with Gasteiger partial charge in [0.25, 0.3) is 11.7 Å². The molecular weight excluding hydrogens is 222 g/mol. The van der Waals surface area contributed by atoms with Gasteiger partial charge in [0.2, 0.25) is 0 Å². The number of carbonyl (C=O) groups is 3. The summed E-state index contributed by atoms with van der Waals surface area (Å²) in [7, 11) is 0. The lowest BCUT2D eigenvalue weighted by Gasteiger charge is -2.15. The summed E-state index contributed by atoms with van der Waals surface area (Å²) in [6.07, 6.45) is 0. The number of aliphatic carboxylic acids is 2. The first-order chi connectivity index (χ1) is 7.50. The van der Waals surface area contributed by atoms with Crippen LogP contribution in [0.1, 0.15) is 10.6 Å². The predicted molar refractivity (Wildman–Crippen MR) is 45.4 cm³/mol. The Morgan fingerprint density at radius 1 is 1.19 bits per heavy atom. The van der Waals surface area contributed by atoms with Crippen LogP contribution in [0.5, 0.6) is 0 Å². The van der Waals surface area contributed by atoms with Crippen LogP contribution in [-0.2, 0) is 9.59 Å². The molecule has 0 radical (unpaired) electrons. The van der Waals surface area contributed by atoms with Gasteiger partial charge in [-0.2, -0.15) is 5.21 Å². The lowest BCUT2D eigenvalue weighted by Crippen LogP contribution is -2.39. The summed E-state index contributed by atoms with van der Waals surface area (Å²) in [6.45, 7) is -1.50. The van der Waals surface area contributed by atoms with E-state index < -0.39 is 30.9 Å². The smallest absolute Gasteiger partial charge is 0.323 e. The lowest BCUT2D eigenvalue weighted by molar-refractivity contribution is -0.140. The Labute approximate surface area is 87.9 Å². The molecule has 10 nitrogen and oxygen atoms in total. The zero-order chi connectivity index (χ0) is 12.1. The second kappa shape index (κ2) is 4.82. The average molecular weight is 229 g/mol. The number of hydrogen-bond donors (Lipinski definition) is 3. The minimum atomic E-state index is -1.34. The Hall–Kier alpha value is -2.52. The van der Waals surface area contributed by atoms with Gasteiger partial charge in [-0.15, -0.1) is 10.2 Å². The SMILES string of the molecule is O=C(O)CN(CC(=O)O)C(=O)c1nn[nH]n1. The van der Waals surface area contributed by atoms with E-state index in [4.69, 9.17) is 10.2 Å². The van der Waals surface area contributed by atoms with Crippen molar-refractivity contribution < 1.29 is 24.6 Å². The molecule has 0 aromatic carbocycles. The van der Waals surface area contributed by atoms with Gasteiger partial charge in [0.1, 0.15) is 13.1 Å². The first-order valence-corrected chi connectivity index (χ1v) is 3.97. The molecule has 1 amide bonds. The molecular formula is C6H7N5O5. The van der Waals surface area contributed by atoms with E-state index in [1.54, 1.807) is 0 Å². The molecule has 0 unspecified atom stereocenters. The molecule has 0 aliphatic carbocycles. The van der Waals surface area contributed by atoms with Crippen molar-refractivity contribution in [2.45, 2.75) is 0 Å². The van der Waals surface area contributed by atoms with E-state index in [0.717, 1.165) is 0 Å². The molecule has 0 spiro atoms. The fraction of sp³-hybridized carbons (Fsp3) is 0.333. The standard InChI is InChI=1S/C6H7N5O5/c12-3(13)1-11(2-4(14)15)6(16)5-7-9-10-8-5/h1-2H2,(H,12,13)(H,14,15)(H,7,8,9,10). The van der Waals surface area contributed by atoms with Gasteiger partial charge >= 0.3 is 11.9 Å². The molecule has 0 saturated heterocycles. The summed E-state index contributed by atoms with van der Waals surface area (Å²) in [5.74, 6) is -3.97. The number of hydrogen-bond acceptors (Lipinski definition) is 6. The first-order valence-electron chi connectivity index (χ1n) is 3.97. The summed E-state index contributed by atoms with van der Waals surface area (Å²) >= 11 is 0. The van der Waals surface area contributed by atoms with Crippen LogP contribution in [0.4, 0.5) is 0 Å². The molecule has 0 aliphatic heterocycles. The van der Waals surface area contributed by atoms with Crippen molar-refractivity contribution in [2.75, 3.05) is 13.1 Å². The molecule has 3 N–H and O–H groups in total. The summed E-state index contributed by atoms with van der Waals surface area (Å²) < 4.78 is 0. The van der Waals surface area contributed by atoms with E-state index in [-0.39, 0.29) is 5.82 Å². The van der Waals surface area contributed by atoms with Crippen LogP contribution in [0, 0.1) is 0 Å². The summed E-state index contributed by atoms with van der Waals surface area (Å²) in [5, 5.41) is 28.7. The molecule has 86 valence electrons. The number of carboxylic acid groups (broad SMARTS) is 2. The Kier molecular flexibility index (Phi) is 3.48. The normalized spacial score (nSPS) is 9.75. The fourth-order valence-corrected chi connectivity index (χ4v) is 0.920. The molecule has 0 atom stereocenters. The molecule has 0 bridgehead atoms. The molecule has 1 aromatic heterocycles. The molecule has 0 saturated carbocycles. The minimum Gasteiger partial charge on any atom is -0.480 e. The number of rotatable bonds is 5. The van der Waals surface area contributed by atoms with Crippen molar-refractivity contribution in [3.63, 3.8) is 0 Å². The third-order valence-electron chi connectivity index (χ3n) is 1.48. The number of aromatic amines is 1. The van der Waals surface area contributed by atoms with Crippen molar-refractivity contribution in [3.05, 3.63) is 5.82 Å². The number of carbonyl (C=O) groups excluding carboxylic acids is 1. The largest absolute Gasteiger partial charge is 0.480 e. The summed E-state index contributed by atoms with van der Waals surface area (Å²) in [6, 6.07) is 0. The fourth-order valence-electron chi connectivity index (χ4n) is 0.920. The van der Waals surface area contributed by atoms with Gasteiger partial charge in [0.05, 0.1) is 0 Å². The van der Waals surface area contributed by atoms with Gasteiger partial charge in [-0.3, -0.25) is 14.4 Å². The Balaban J connectivity index is 2.79. The molecule has 0 fully saturated rings. The summed E-state index contributed by atoms with van der Waals surface area (Å²) in [5.41, 5.74) is 0. The number of nitrogens with zero attached hydrogens (tertiary/aromatic N) is 4. The number of nitrogens with one attached hydrogen (secondary N) is 1. The number of carboxylic acids is 2. The van der Waals surface area contributed by atoms with Crippen molar-refractivity contribution in [3.8, 4) is 0 Å². The second-order valence-electron chi connectivity index (χ2n) is 2.68. The van der Waals surface area contributed by atoms with Crippen molar-refractivity contribution in [1.29, 1.82) is 0 Å². The van der Waals surface area contributed by atoms with E-state index in [2.05, 4.69) is 15.4 Å². The Morgan fingerprint density at radius 3 is 2.12 bits per heavy atom. The van der Waals surface area contributed by atoms with Crippen molar-refractivity contribution in [1.82, 2.24) is 25.5 Å². The average Bonchev–Trinajstić information content (AvgIpc) is 2.66. The van der Waals surface area contributed by atoms with Gasteiger partial charge in [0.15, 0.2) is 0 Å². The number of amides is 1. The highest BCUT2D eigenvalue weighted by molar-refractivity contribution is 5.94. The highest BCUT2D eigenvalue weighted by Gasteiger charge is 2.23. The van der Waals surface area contributed by atoms with E-state index in [1.807, 2.05) is 5.21 Å². The van der Waals surface area contributed by atoms with Gasteiger partial charge in [0, 0.05) is 0 Å². The number of H-pyrrole nitrogens is 1. The van der Waals surface area contributed by atoms with Crippen LogP contribution in [0.2, 0.25) is 0 Å². The highest BCUT2D eigenvalue weighted by Crippen LogP contribution is 1.96. The maximum Gasteiger partial charge on any atom is 0.323 e. The first kappa shape index (κ1) is 11.6. The number of aromatic nitrogens is 4. The summed E-state index contributed by atoms with van der Waals surface area (Å²) in [4.78, 5) is 32.9. The highest BCUT2D eigenvalue weighted by atomic mass is 16.4. The number of tetrazole rings is 1. The molecule has 10 heteroatoms. The molecule has 1 aromatic rings. The molecule has 1 heterocycles. The Morgan fingerprint density at radius 2 is 1.75 bits per heavy atom. The topological polar surface area (TPSA) is 149 Å². The van der Waals surface area contributed by atoms with E-state index in [0.29, 0.717) is 4.90 Å². The minimum absolute atomic E-state index is 0.387. The van der Waals surface area contributed by atoms with Gasteiger partial charge in [-0.05, 0) is 5.21 Å². The van der Waals surface area contributed by atoms with Gasteiger partial charge < -0.3 is 15.1 Å². The van der Waals surface area contributed by atoms with Gasteiger partial charge in [-0.25, -0.2) is 0 Å². The second-order valence-corrected chi connectivity index (χ2v) is 2.68. The van der Waals surface area contributed by atoms with E-state index >= 15 is 0 Å². The van der Waals surface area contributed by atoms with Crippen LogP contribution >= 0.6 is 0 Å². The van der Waals surface area contributed by atoms with E-state index in [1.165, 1.54) is 0 Å². The van der Waals surface area contributed by atoms with Crippen LogP contribution in [0.15, 0.2) is 0 Å². The third-order valence-corrected chi connectivity index (χ3v) is 1.48. The zero-order valence-electron chi connectivity index (χ0n) is 7.82. The molecule has 16 heavy (non-hydrogen) atoms. The third kappa shape index (κ3) is 3.01. The monoisotopic (exact) mass is 229 g/mol. The quantitative estimate of drug-likeness (QED) is 0.515. The Bertz CT molecular complexity index is 385. The maximum absolute atomic E-state index is 11.5. The lowest BCUT2D eigenvalue weighted by atomic mass is 10.4. The van der Waals surface area contributed by atoms with Gasteiger partial charge in [-0.1, -0.05) is 0 Å². The van der Waals surface area contributed by atoms with Crippen LogP contribution in [0.3, 0.4) is 0 Å². The van der Waals surface area contributed by atoms with Crippen LogP contribution < -0.4 is 0 Å². The van der Waals surface area contributed by atoms with Crippen molar-refractivity contribution >= 4 is 17.8 Å². The van der Waals surface area contributed by atoms with Crippen molar-refractivity contribution in [2.24, 2.45) is 0 Å². The zero-order valence-corrected chi connectivity index (χ0v) is 7.82. The predicted octanol–water partition coefficient (Wildman–Crippen LogP) is -2.19. The molecule has 0 aliphatic rings. The van der Waals surface area contributed by atoms with Crippen LogP contribution in [-0.4, -0.2) is 66.7 Å². The van der Waals surface area contributed by atoms with Crippen LogP contribution in [0.25, 0.3) is 0 Å². The molecule has 1 rings (SSSR count).